The summed E-state index contributed by atoms with van der Waals surface area (Å²) in [6.07, 6.45) is 6.37. The van der Waals surface area contributed by atoms with Gasteiger partial charge in [-0.1, -0.05) is 90.6 Å². The second-order valence-corrected chi connectivity index (χ2v) is 12.5. The van der Waals surface area contributed by atoms with E-state index in [9.17, 15) is 4.79 Å². The second-order valence-electron chi connectivity index (χ2n) is 10.1. The quantitative estimate of drug-likeness (QED) is 0.256. The minimum atomic E-state index is -0.198. The minimum absolute atomic E-state index is 0.0324. The molecule has 1 saturated heterocycles. The molecule has 3 atom stereocenters. The van der Waals surface area contributed by atoms with Crippen LogP contribution >= 0.6 is 46.6 Å². The molecular weight excluding hydrogens is 587 g/mol. The molecular formula is C31H31Cl3N2O3S. The van der Waals surface area contributed by atoms with Gasteiger partial charge in [0.1, 0.15) is 6.61 Å². The van der Waals surface area contributed by atoms with E-state index in [4.69, 9.17) is 44.3 Å². The highest BCUT2D eigenvalue weighted by Crippen LogP contribution is 2.44. The average molecular weight is 618 g/mol. The van der Waals surface area contributed by atoms with Gasteiger partial charge in [-0.25, -0.2) is 0 Å². The van der Waals surface area contributed by atoms with Crippen LogP contribution in [0.5, 0.6) is 11.5 Å². The number of nitrogens with zero attached hydrogens (tertiary/aromatic N) is 1. The maximum atomic E-state index is 13.9. The van der Waals surface area contributed by atoms with Crippen molar-refractivity contribution in [2.45, 2.75) is 50.8 Å². The van der Waals surface area contributed by atoms with Crippen LogP contribution in [0.4, 0.5) is 5.69 Å². The van der Waals surface area contributed by atoms with Gasteiger partial charge in [-0.2, -0.15) is 0 Å². The summed E-state index contributed by atoms with van der Waals surface area (Å²) in [6, 6.07) is 19.1. The number of hydrogen-bond donors (Lipinski definition) is 1. The molecule has 1 aliphatic heterocycles. The van der Waals surface area contributed by atoms with Gasteiger partial charge < -0.3 is 19.7 Å². The molecule has 210 valence electrons. The number of amides is 1. The Balaban J connectivity index is 1.41. The van der Waals surface area contributed by atoms with Gasteiger partial charge in [0.25, 0.3) is 5.91 Å². The van der Waals surface area contributed by atoms with Crippen molar-refractivity contribution in [2.24, 2.45) is 5.92 Å². The number of thioether (sulfide) groups is 1. The largest absolute Gasteiger partial charge is 0.493 e. The number of anilines is 1. The Bertz CT molecular complexity index is 1400. The number of carbonyl (C=O) groups excluding carboxylic acids is 1. The van der Waals surface area contributed by atoms with E-state index in [0.717, 1.165) is 36.1 Å². The van der Waals surface area contributed by atoms with Crippen LogP contribution in [-0.4, -0.2) is 29.5 Å². The van der Waals surface area contributed by atoms with Crippen LogP contribution in [0.25, 0.3) is 6.08 Å². The first-order valence-corrected chi connectivity index (χ1v) is 15.3. The molecule has 9 heteroatoms. The van der Waals surface area contributed by atoms with Crippen LogP contribution in [0.2, 0.25) is 15.1 Å². The Labute approximate surface area is 254 Å². The lowest BCUT2D eigenvalue weighted by Gasteiger charge is -2.39. The third-order valence-electron chi connectivity index (χ3n) is 7.36. The van der Waals surface area contributed by atoms with Crippen LogP contribution in [0.1, 0.15) is 43.7 Å². The number of para-hydroxylation sites is 1. The van der Waals surface area contributed by atoms with E-state index >= 15 is 0 Å². The predicted octanol–water partition coefficient (Wildman–Crippen LogP) is 9.13. The van der Waals surface area contributed by atoms with Crippen molar-refractivity contribution in [1.29, 1.82) is 0 Å². The Kier molecular flexibility index (Phi) is 9.41. The lowest BCUT2D eigenvalue weighted by Crippen LogP contribution is -2.48. The van der Waals surface area contributed by atoms with Gasteiger partial charge in [-0.15, -0.1) is 0 Å². The van der Waals surface area contributed by atoms with Gasteiger partial charge in [-0.3, -0.25) is 4.79 Å². The molecule has 3 aromatic rings. The number of hydrogen-bond acceptors (Lipinski definition) is 5. The Morgan fingerprint density at radius 2 is 1.80 bits per heavy atom. The zero-order chi connectivity index (χ0) is 28.2. The highest BCUT2D eigenvalue weighted by Gasteiger charge is 2.43. The molecule has 5 nitrogen and oxygen atoms in total. The summed E-state index contributed by atoms with van der Waals surface area (Å²) in [7, 11) is 1.56. The summed E-state index contributed by atoms with van der Waals surface area (Å²) in [6.45, 7) is 2.45. The number of halogens is 3. The SMILES string of the molecule is COc1cc(/C=C2\SC(Nc3ccccc3)N([C@H]3CCCC[C@@H]3C)C2=O)cc(Cl)c1OCc1ccc(Cl)cc1Cl. The highest BCUT2D eigenvalue weighted by molar-refractivity contribution is 8.05. The third kappa shape index (κ3) is 6.52. The molecule has 3 aromatic carbocycles. The van der Waals surface area contributed by atoms with E-state index in [1.54, 1.807) is 25.3 Å². The number of rotatable bonds is 8. The van der Waals surface area contributed by atoms with Crippen LogP contribution < -0.4 is 14.8 Å². The molecule has 2 fully saturated rings. The number of ether oxygens (including phenoxy) is 2. The molecule has 40 heavy (non-hydrogen) atoms. The molecule has 0 spiro atoms. The molecule has 1 saturated carbocycles. The highest BCUT2D eigenvalue weighted by atomic mass is 35.5. The van der Waals surface area contributed by atoms with Gasteiger partial charge in [-0.05, 0) is 66.8 Å². The first-order valence-electron chi connectivity index (χ1n) is 13.3. The topological polar surface area (TPSA) is 50.8 Å². The van der Waals surface area contributed by atoms with Crippen molar-refractivity contribution in [3.8, 4) is 11.5 Å². The van der Waals surface area contributed by atoms with Gasteiger partial charge in [0, 0.05) is 27.3 Å². The monoisotopic (exact) mass is 616 g/mol. The van der Waals surface area contributed by atoms with Crippen LogP contribution in [0.3, 0.4) is 0 Å². The fourth-order valence-corrected chi connectivity index (χ4v) is 7.22. The Morgan fingerprint density at radius 3 is 2.52 bits per heavy atom. The zero-order valence-electron chi connectivity index (χ0n) is 22.3. The second kappa shape index (κ2) is 13.0. The van der Waals surface area contributed by atoms with Crippen LogP contribution in [-0.2, 0) is 11.4 Å². The fraction of sp³-hybridized carbons (Fsp3) is 0.323. The van der Waals surface area contributed by atoms with Crippen molar-refractivity contribution < 1.29 is 14.3 Å². The van der Waals surface area contributed by atoms with Crippen LogP contribution in [0, 0.1) is 5.92 Å². The summed E-state index contributed by atoms with van der Waals surface area (Å²) in [5, 5.41) is 5.02. The molecule has 1 unspecified atom stereocenters. The van der Waals surface area contributed by atoms with E-state index in [-0.39, 0.29) is 24.1 Å². The van der Waals surface area contributed by atoms with E-state index in [2.05, 4.69) is 12.2 Å². The number of benzene rings is 3. The Morgan fingerprint density at radius 1 is 1.02 bits per heavy atom. The first kappa shape index (κ1) is 29.0. The van der Waals surface area contributed by atoms with E-state index < -0.39 is 0 Å². The van der Waals surface area contributed by atoms with E-state index in [0.29, 0.717) is 37.4 Å². The third-order valence-corrected chi connectivity index (χ3v) is 9.34. The fourth-order valence-electron chi connectivity index (χ4n) is 5.27. The number of methoxy groups -OCH3 is 1. The summed E-state index contributed by atoms with van der Waals surface area (Å²) >= 11 is 20.5. The Hall–Kier alpha value is -2.51. The number of nitrogens with one attached hydrogen (secondary N) is 1. The lowest BCUT2D eigenvalue weighted by atomic mass is 9.85. The normalized spacial score (nSPS) is 22.0. The molecule has 0 aromatic heterocycles. The maximum absolute atomic E-state index is 13.9. The molecule has 0 radical (unpaired) electrons. The van der Waals surface area contributed by atoms with E-state index in [1.807, 2.05) is 53.4 Å². The smallest absolute Gasteiger partial charge is 0.262 e. The summed E-state index contributed by atoms with van der Waals surface area (Å²) in [5.74, 6) is 1.35. The summed E-state index contributed by atoms with van der Waals surface area (Å²) in [5.41, 5.74) is 2.31. The molecule has 1 heterocycles. The van der Waals surface area contributed by atoms with Crippen molar-refractivity contribution in [3.05, 3.63) is 91.8 Å². The summed E-state index contributed by atoms with van der Waals surface area (Å²) in [4.78, 5) is 16.6. The van der Waals surface area contributed by atoms with Crippen molar-refractivity contribution in [3.63, 3.8) is 0 Å². The van der Waals surface area contributed by atoms with Gasteiger partial charge in [0.05, 0.1) is 17.0 Å². The minimum Gasteiger partial charge on any atom is -0.493 e. The van der Waals surface area contributed by atoms with Crippen molar-refractivity contribution in [1.82, 2.24) is 4.90 Å². The molecule has 1 N–H and O–H groups in total. The van der Waals surface area contributed by atoms with Gasteiger partial charge in [0.15, 0.2) is 17.0 Å². The van der Waals surface area contributed by atoms with Gasteiger partial charge in [0.2, 0.25) is 0 Å². The molecule has 2 aliphatic rings. The van der Waals surface area contributed by atoms with Gasteiger partial charge >= 0.3 is 0 Å². The summed E-state index contributed by atoms with van der Waals surface area (Å²) < 4.78 is 11.6. The molecule has 5 rings (SSSR count). The standard InChI is InChI=1S/C31H31Cl3N2O3S/c1-19-8-6-7-11-26(19)36-30(37)28(40-31(36)35-23-9-4-3-5-10-23)16-20-14-25(34)29(27(15-20)38-2)39-18-21-12-13-22(32)17-24(21)33/h3-5,9-10,12-17,19,26,31,35H,6-8,11,18H2,1-2H3/b28-16-/t19-,26-,31?/m0/s1. The van der Waals surface area contributed by atoms with Crippen molar-refractivity contribution in [2.75, 3.05) is 12.4 Å². The lowest BCUT2D eigenvalue weighted by molar-refractivity contribution is -0.129. The number of carbonyl (C=O) groups is 1. The zero-order valence-corrected chi connectivity index (χ0v) is 25.4. The van der Waals surface area contributed by atoms with Crippen LogP contribution in [0.15, 0.2) is 65.6 Å². The molecule has 1 aliphatic carbocycles. The van der Waals surface area contributed by atoms with Crippen molar-refractivity contribution >= 4 is 64.2 Å². The average Bonchev–Trinajstić information content (AvgIpc) is 3.23. The predicted molar refractivity (Wildman–Crippen MR) is 166 cm³/mol. The first-order chi connectivity index (χ1) is 19.3. The van der Waals surface area contributed by atoms with E-state index in [1.165, 1.54) is 18.2 Å². The molecule has 0 bridgehead atoms. The molecule has 1 amide bonds. The maximum Gasteiger partial charge on any atom is 0.262 e.